The number of hydrogen-bond donors (Lipinski definition) is 1. The van der Waals surface area contributed by atoms with Crippen LogP contribution in [0.2, 0.25) is 0 Å². The quantitative estimate of drug-likeness (QED) is 0.542. The van der Waals surface area contributed by atoms with E-state index in [1.165, 1.54) is 19.1 Å². The molecule has 0 radical (unpaired) electrons. The average Bonchev–Trinajstić information content (AvgIpc) is 2.20. The number of carbonyl (C=O) groups is 1. The zero-order valence-corrected chi connectivity index (χ0v) is 8.49. The van der Waals surface area contributed by atoms with Crippen LogP contribution in [0.1, 0.15) is 6.92 Å². The first-order valence-electron chi connectivity index (χ1n) is 4.32. The standard InChI is InChI=1S/C12H12O3/c1-12(14)15-11-9-7-5-3-2-4-6-8-10-13/h6-9,13H,10-11H2,1H3/b8-6-,9-7-. The zero-order chi connectivity index (χ0) is 11.4. The highest BCUT2D eigenvalue weighted by Gasteiger charge is 1.84. The summed E-state index contributed by atoms with van der Waals surface area (Å²) in [4.78, 5) is 10.3. The summed E-state index contributed by atoms with van der Waals surface area (Å²) in [7, 11) is 0. The Bertz CT molecular complexity index is 356. The summed E-state index contributed by atoms with van der Waals surface area (Å²) >= 11 is 0. The molecule has 3 nitrogen and oxygen atoms in total. The highest BCUT2D eigenvalue weighted by atomic mass is 16.5. The van der Waals surface area contributed by atoms with E-state index in [2.05, 4.69) is 28.4 Å². The molecule has 0 spiro atoms. The van der Waals surface area contributed by atoms with Crippen molar-refractivity contribution < 1.29 is 14.6 Å². The predicted molar refractivity (Wildman–Crippen MR) is 57.6 cm³/mol. The topological polar surface area (TPSA) is 46.5 Å². The molecule has 0 aromatic carbocycles. The molecule has 15 heavy (non-hydrogen) atoms. The second kappa shape index (κ2) is 10.1. The Balaban J connectivity index is 3.73. The van der Waals surface area contributed by atoms with Crippen molar-refractivity contribution in [3.05, 3.63) is 24.3 Å². The number of esters is 1. The fraction of sp³-hybridized carbons (Fsp3) is 0.250. The molecule has 0 atom stereocenters. The third-order valence-electron chi connectivity index (χ3n) is 1.10. The van der Waals surface area contributed by atoms with Gasteiger partial charge in [-0.3, -0.25) is 4.79 Å². The molecule has 1 N–H and O–H groups in total. The lowest BCUT2D eigenvalue weighted by atomic mass is 10.4. The van der Waals surface area contributed by atoms with Gasteiger partial charge in [0.2, 0.25) is 0 Å². The van der Waals surface area contributed by atoms with Crippen LogP contribution in [0.25, 0.3) is 0 Å². The fourth-order valence-corrected chi connectivity index (χ4v) is 0.540. The van der Waals surface area contributed by atoms with Crippen LogP contribution in [0.3, 0.4) is 0 Å². The van der Waals surface area contributed by atoms with Gasteiger partial charge in [-0.15, -0.1) is 0 Å². The normalized spacial score (nSPS) is 9.20. The maximum atomic E-state index is 10.3. The molecule has 3 heteroatoms. The first-order valence-corrected chi connectivity index (χ1v) is 4.32. The molecule has 0 aliphatic heterocycles. The number of aliphatic hydroxyl groups excluding tert-OH is 1. The molecular weight excluding hydrogens is 192 g/mol. The van der Waals surface area contributed by atoms with Gasteiger partial charge in [0.15, 0.2) is 0 Å². The number of hydrogen-bond acceptors (Lipinski definition) is 3. The second-order valence-corrected chi connectivity index (χ2v) is 2.33. The molecule has 0 amide bonds. The minimum absolute atomic E-state index is 0.0234. The van der Waals surface area contributed by atoms with Crippen LogP contribution in [0.15, 0.2) is 24.3 Å². The second-order valence-electron chi connectivity index (χ2n) is 2.33. The van der Waals surface area contributed by atoms with Crippen molar-refractivity contribution in [3.63, 3.8) is 0 Å². The molecule has 0 fully saturated rings. The van der Waals surface area contributed by atoms with E-state index < -0.39 is 0 Å². The lowest BCUT2D eigenvalue weighted by Crippen LogP contribution is -1.96. The van der Waals surface area contributed by atoms with Crippen LogP contribution in [0.5, 0.6) is 0 Å². The van der Waals surface area contributed by atoms with E-state index in [-0.39, 0.29) is 19.2 Å². The Kier molecular flexibility index (Phi) is 8.78. The van der Waals surface area contributed by atoms with Gasteiger partial charge in [0, 0.05) is 6.92 Å². The first-order chi connectivity index (χ1) is 7.27. The maximum absolute atomic E-state index is 10.3. The summed E-state index contributed by atoms with van der Waals surface area (Å²) in [5.74, 6) is 10.1. The molecule has 0 aliphatic rings. The highest BCUT2D eigenvalue weighted by molar-refractivity contribution is 5.66. The molecule has 0 unspecified atom stereocenters. The van der Waals surface area contributed by atoms with Crippen LogP contribution in [-0.4, -0.2) is 24.3 Å². The van der Waals surface area contributed by atoms with E-state index in [0.717, 1.165) is 0 Å². The molecular formula is C12H12O3. The Morgan fingerprint density at radius 1 is 1.27 bits per heavy atom. The summed E-state index contributed by atoms with van der Waals surface area (Å²) in [6.07, 6.45) is 6.23. The summed E-state index contributed by atoms with van der Waals surface area (Å²) in [5.41, 5.74) is 0. The van der Waals surface area contributed by atoms with E-state index in [0.29, 0.717) is 0 Å². The van der Waals surface area contributed by atoms with Crippen molar-refractivity contribution in [2.45, 2.75) is 6.92 Å². The first kappa shape index (κ1) is 13.0. The molecule has 0 bridgehead atoms. The van der Waals surface area contributed by atoms with Crippen LogP contribution < -0.4 is 0 Å². The van der Waals surface area contributed by atoms with Crippen LogP contribution in [-0.2, 0) is 9.53 Å². The lowest BCUT2D eigenvalue weighted by Gasteiger charge is -1.91. The van der Waals surface area contributed by atoms with Gasteiger partial charge in [-0.2, -0.15) is 0 Å². The van der Waals surface area contributed by atoms with Crippen molar-refractivity contribution in [2.75, 3.05) is 13.2 Å². The summed E-state index contributed by atoms with van der Waals surface area (Å²) < 4.78 is 4.63. The number of rotatable bonds is 3. The minimum atomic E-state index is -0.318. The Morgan fingerprint density at radius 2 is 1.87 bits per heavy atom. The maximum Gasteiger partial charge on any atom is 0.302 e. The van der Waals surface area contributed by atoms with Gasteiger partial charge >= 0.3 is 5.97 Å². The third kappa shape index (κ3) is 12.0. The van der Waals surface area contributed by atoms with Gasteiger partial charge in [0.05, 0.1) is 6.61 Å². The van der Waals surface area contributed by atoms with Crippen molar-refractivity contribution in [2.24, 2.45) is 0 Å². The Labute approximate surface area is 89.4 Å². The van der Waals surface area contributed by atoms with Gasteiger partial charge in [0.1, 0.15) is 6.61 Å². The molecule has 0 saturated carbocycles. The van der Waals surface area contributed by atoms with Crippen LogP contribution >= 0.6 is 0 Å². The Hall–Kier alpha value is -1.97. The summed E-state index contributed by atoms with van der Waals surface area (Å²) in [6, 6.07) is 0. The van der Waals surface area contributed by atoms with Gasteiger partial charge in [-0.05, 0) is 30.1 Å². The van der Waals surface area contributed by atoms with E-state index in [9.17, 15) is 4.79 Å². The lowest BCUT2D eigenvalue weighted by molar-refractivity contribution is -0.139. The molecule has 0 heterocycles. The van der Waals surface area contributed by atoms with E-state index in [4.69, 9.17) is 5.11 Å². The number of carbonyl (C=O) groups excluding carboxylic acids is 1. The SMILES string of the molecule is CC(=O)OC/C=C\C#CC#C/C=C\CO. The van der Waals surface area contributed by atoms with Crippen molar-refractivity contribution in [1.29, 1.82) is 0 Å². The highest BCUT2D eigenvalue weighted by Crippen LogP contribution is 1.77. The van der Waals surface area contributed by atoms with Gasteiger partial charge < -0.3 is 9.84 Å². The average molecular weight is 204 g/mol. The molecule has 78 valence electrons. The predicted octanol–water partition coefficient (Wildman–Crippen LogP) is 0.661. The number of aliphatic hydroxyl groups is 1. The van der Waals surface area contributed by atoms with E-state index in [1.54, 1.807) is 12.2 Å². The Morgan fingerprint density at radius 3 is 2.40 bits per heavy atom. The molecule has 0 rings (SSSR count). The summed E-state index contributed by atoms with van der Waals surface area (Å²) in [6.45, 7) is 1.55. The zero-order valence-electron chi connectivity index (χ0n) is 8.49. The van der Waals surface area contributed by atoms with Crippen LogP contribution in [0.4, 0.5) is 0 Å². The van der Waals surface area contributed by atoms with E-state index >= 15 is 0 Å². The molecule has 0 aromatic heterocycles. The third-order valence-corrected chi connectivity index (χ3v) is 1.10. The van der Waals surface area contributed by atoms with Crippen molar-refractivity contribution in [3.8, 4) is 23.7 Å². The van der Waals surface area contributed by atoms with E-state index in [1.807, 2.05) is 0 Å². The number of allylic oxidation sites excluding steroid dienone is 2. The summed E-state index contributed by atoms with van der Waals surface area (Å²) in [5, 5.41) is 8.37. The van der Waals surface area contributed by atoms with Crippen molar-refractivity contribution >= 4 is 5.97 Å². The smallest absolute Gasteiger partial charge is 0.302 e. The van der Waals surface area contributed by atoms with Crippen LogP contribution in [0, 0.1) is 23.7 Å². The van der Waals surface area contributed by atoms with Crippen molar-refractivity contribution in [1.82, 2.24) is 0 Å². The molecule has 0 aromatic rings. The minimum Gasteiger partial charge on any atom is -0.462 e. The molecule has 0 aliphatic carbocycles. The van der Waals surface area contributed by atoms with Gasteiger partial charge in [0.25, 0.3) is 0 Å². The largest absolute Gasteiger partial charge is 0.462 e. The van der Waals surface area contributed by atoms with Gasteiger partial charge in [-0.1, -0.05) is 17.9 Å². The molecule has 0 saturated heterocycles. The number of ether oxygens (including phenoxy) is 1. The monoisotopic (exact) mass is 204 g/mol. The fourth-order valence-electron chi connectivity index (χ4n) is 0.540. The van der Waals surface area contributed by atoms with Gasteiger partial charge in [-0.25, -0.2) is 0 Å².